The topological polar surface area (TPSA) is 56.1 Å². The lowest BCUT2D eigenvalue weighted by atomic mass is 10.2. The molecule has 5 nitrogen and oxygen atoms in total. The number of nitrogens with one attached hydrogen (secondary N) is 1. The molecule has 0 aliphatic heterocycles. The second-order valence-corrected chi connectivity index (χ2v) is 3.92. The summed E-state index contributed by atoms with van der Waals surface area (Å²) in [6, 6.07) is 0. The lowest BCUT2D eigenvalue weighted by Gasteiger charge is -2.01. The van der Waals surface area contributed by atoms with E-state index in [1.807, 2.05) is 26.2 Å². The van der Waals surface area contributed by atoms with Crippen LogP contribution in [0, 0.1) is 6.92 Å². The number of rotatable bonds is 5. The van der Waals surface area contributed by atoms with Crippen LogP contribution in [-0.2, 0) is 23.1 Å². The molecule has 94 valence electrons. The number of aromatic nitrogens is 2. The molecule has 1 N–H and O–H groups in total. The Morgan fingerprint density at radius 3 is 2.88 bits per heavy atom. The van der Waals surface area contributed by atoms with Crippen LogP contribution in [0.3, 0.4) is 0 Å². The number of methoxy groups -OCH3 is 1. The van der Waals surface area contributed by atoms with Crippen LogP contribution < -0.4 is 5.32 Å². The van der Waals surface area contributed by atoms with E-state index in [1.165, 1.54) is 7.11 Å². The highest BCUT2D eigenvalue weighted by molar-refractivity contribution is 5.87. The van der Waals surface area contributed by atoms with E-state index in [2.05, 4.69) is 15.2 Å². The van der Waals surface area contributed by atoms with Crippen LogP contribution in [0.15, 0.2) is 17.8 Å². The summed E-state index contributed by atoms with van der Waals surface area (Å²) in [5.41, 5.74) is 2.80. The molecule has 0 aliphatic carbocycles. The fourth-order valence-corrected chi connectivity index (χ4v) is 1.50. The molecule has 0 radical (unpaired) electrons. The van der Waals surface area contributed by atoms with Crippen molar-refractivity contribution in [1.29, 1.82) is 0 Å². The fourth-order valence-electron chi connectivity index (χ4n) is 1.50. The molecular formula is C12H19N3O2. The summed E-state index contributed by atoms with van der Waals surface area (Å²) in [6.07, 6.45) is 3.80. The summed E-state index contributed by atoms with van der Waals surface area (Å²) in [5, 5.41) is 7.48. The van der Waals surface area contributed by atoms with Gasteiger partial charge < -0.3 is 10.1 Å². The Kier molecular flexibility index (Phi) is 4.90. The van der Waals surface area contributed by atoms with Crippen molar-refractivity contribution in [2.75, 3.05) is 13.7 Å². The number of aryl methyl sites for hydroxylation is 2. The van der Waals surface area contributed by atoms with Crippen molar-refractivity contribution in [2.24, 2.45) is 7.05 Å². The zero-order chi connectivity index (χ0) is 12.8. The molecule has 0 saturated heterocycles. The molecule has 17 heavy (non-hydrogen) atoms. The fraction of sp³-hybridized carbons (Fsp3) is 0.500. The third-order valence-electron chi connectivity index (χ3n) is 2.49. The molecule has 1 heterocycles. The van der Waals surface area contributed by atoms with E-state index in [9.17, 15) is 4.79 Å². The minimum absolute atomic E-state index is 0.288. The summed E-state index contributed by atoms with van der Waals surface area (Å²) in [7, 11) is 3.28. The van der Waals surface area contributed by atoms with Crippen LogP contribution in [0.2, 0.25) is 0 Å². The first kappa shape index (κ1) is 13.4. The lowest BCUT2D eigenvalue weighted by molar-refractivity contribution is -0.136. The average molecular weight is 237 g/mol. The quantitative estimate of drug-likeness (QED) is 0.470. The van der Waals surface area contributed by atoms with Crippen molar-refractivity contribution in [3.05, 3.63) is 29.1 Å². The largest absolute Gasteiger partial charge is 0.466 e. The first-order valence-electron chi connectivity index (χ1n) is 5.49. The van der Waals surface area contributed by atoms with Crippen LogP contribution in [-0.4, -0.2) is 29.4 Å². The molecule has 5 heteroatoms. The summed E-state index contributed by atoms with van der Waals surface area (Å²) < 4.78 is 6.39. The number of hydrogen-bond acceptors (Lipinski definition) is 4. The zero-order valence-electron chi connectivity index (χ0n) is 10.8. The highest BCUT2D eigenvalue weighted by atomic mass is 16.5. The molecule has 1 aromatic heterocycles. The van der Waals surface area contributed by atoms with E-state index < -0.39 is 0 Å². The van der Waals surface area contributed by atoms with Crippen molar-refractivity contribution < 1.29 is 9.53 Å². The maximum Gasteiger partial charge on any atom is 0.333 e. The standard InChI is InChI=1S/C12H19N3O2/c1-9(12(16)17-4)5-6-13-7-11-8-15(3)14-10(11)2/h5,8,13H,6-7H2,1-4H3. The Balaban J connectivity index is 2.38. The summed E-state index contributed by atoms with van der Waals surface area (Å²) in [5.74, 6) is -0.288. The Hall–Kier alpha value is -1.62. The molecule has 0 aromatic carbocycles. The van der Waals surface area contributed by atoms with Gasteiger partial charge in [-0.1, -0.05) is 6.08 Å². The lowest BCUT2D eigenvalue weighted by Crippen LogP contribution is -2.14. The summed E-state index contributed by atoms with van der Waals surface area (Å²) in [4.78, 5) is 11.1. The molecular weight excluding hydrogens is 218 g/mol. The second-order valence-electron chi connectivity index (χ2n) is 3.92. The van der Waals surface area contributed by atoms with Gasteiger partial charge in [-0.05, 0) is 13.8 Å². The monoisotopic (exact) mass is 237 g/mol. The molecule has 0 atom stereocenters. The van der Waals surface area contributed by atoms with Gasteiger partial charge in [0.15, 0.2) is 0 Å². The van der Waals surface area contributed by atoms with E-state index in [1.54, 1.807) is 11.6 Å². The van der Waals surface area contributed by atoms with Crippen LogP contribution in [0.5, 0.6) is 0 Å². The third-order valence-corrected chi connectivity index (χ3v) is 2.49. The highest BCUT2D eigenvalue weighted by Crippen LogP contribution is 2.03. The van der Waals surface area contributed by atoms with Gasteiger partial charge >= 0.3 is 5.97 Å². The Morgan fingerprint density at radius 1 is 1.65 bits per heavy atom. The van der Waals surface area contributed by atoms with E-state index in [4.69, 9.17) is 0 Å². The first-order valence-corrected chi connectivity index (χ1v) is 5.49. The highest BCUT2D eigenvalue weighted by Gasteiger charge is 2.03. The van der Waals surface area contributed by atoms with Crippen LogP contribution in [0.1, 0.15) is 18.2 Å². The van der Waals surface area contributed by atoms with E-state index in [0.717, 1.165) is 17.8 Å². The number of esters is 1. The Morgan fingerprint density at radius 2 is 2.35 bits per heavy atom. The minimum atomic E-state index is -0.288. The Labute approximate surface area is 101 Å². The van der Waals surface area contributed by atoms with Gasteiger partial charge in [0.1, 0.15) is 0 Å². The van der Waals surface area contributed by atoms with Gasteiger partial charge in [0.25, 0.3) is 0 Å². The van der Waals surface area contributed by atoms with Gasteiger partial charge in [0.05, 0.1) is 12.8 Å². The van der Waals surface area contributed by atoms with Crippen molar-refractivity contribution in [3.63, 3.8) is 0 Å². The van der Waals surface area contributed by atoms with Crippen molar-refractivity contribution in [3.8, 4) is 0 Å². The molecule has 0 fully saturated rings. The average Bonchev–Trinajstić information content (AvgIpc) is 2.62. The molecule has 0 unspecified atom stereocenters. The maximum absolute atomic E-state index is 11.1. The van der Waals surface area contributed by atoms with Gasteiger partial charge in [-0.25, -0.2) is 4.79 Å². The normalized spacial score (nSPS) is 11.6. The predicted molar refractivity (Wildman–Crippen MR) is 65.4 cm³/mol. The van der Waals surface area contributed by atoms with Gasteiger partial charge in [0, 0.05) is 37.5 Å². The molecule has 1 aromatic rings. The third kappa shape index (κ3) is 4.03. The molecule has 0 saturated carbocycles. The molecule has 1 rings (SSSR count). The zero-order valence-corrected chi connectivity index (χ0v) is 10.8. The van der Waals surface area contributed by atoms with Crippen LogP contribution in [0.4, 0.5) is 0 Å². The maximum atomic E-state index is 11.1. The van der Waals surface area contributed by atoms with Crippen molar-refractivity contribution in [2.45, 2.75) is 20.4 Å². The Bertz CT molecular complexity index is 421. The van der Waals surface area contributed by atoms with E-state index in [-0.39, 0.29) is 5.97 Å². The summed E-state index contributed by atoms with van der Waals surface area (Å²) in [6.45, 7) is 5.09. The molecule has 0 amide bonds. The molecule has 0 spiro atoms. The smallest absolute Gasteiger partial charge is 0.333 e. The number of nitrogens with zero attached hydrogens (tertiary/aromatic N) is 2. The van der Waals surface area contributed by atoms with Gasteiger partial charge in [-0.3, -0.25) is 4.68 Å². The minimum Gasteiger partial charge on any atom is -0.466 e. The number of hydrogen-bond donors (Lipinski definition) is 1. The molecule has 0 aliphatic rings. The first-order chi connectivity index (χ1) is 8.04. The molecule has 0 bridgehead atoms. The van der Waals surface area contributed by atoms with Gasteiger partial charge in [0.2, 0.25) is 0 Å². The second kappa shape index (κ2) is 6.20. The van der Waals surface area contributed by atoms with E-state index in [0.29, 0.717) is 12.1 Å². The van der Waals surface area contributed by atoms with Gasteiger partial charge in [-0.15, -0.1) is 0 Å². The van der Waals surface area contributed by atoms with E-state index >= 15 is 0 Å². The number of carbonyl (C=O) groups excluding carboxylic acids is 1. The predicted octanol–water partition coefficient (Wildman–Crippen LogP) is 0.937. The SMILES string of the molecule is COC(=O)C(C)=CCNCc1cn(C)nc1C. The number of ether oxygens (including phenoxy) is 1. The number of carbonyl (C=O) groups is 1. The van der Waals surface area contributed by atoms with Crippen molar-refractivity contribution in [1.82, 2.24) is 15.1 Å². The van der Waals surface area contributed by atoms with Gasteiger partial charge in [-0.2, -0.15) is 5.10 Å². The van der Waals surface area contributed by atoms with Crippen LogP contribution >= 0.6 is 0 Å². The summed E-state index contributed by atoms with van der Waals surface area (Å²) >= 11 is 0. The van der Waals surface area contributed by atoms with Crippen molar-refractivity contribution >= 4 is 5.97 Å². The van der Waals surface area contributed by atoms with Crippen LogP contribution in [0.25, 0.3) is 0 Å².